The zero-order valence-electron chi connectivity index (χ0n) is 12.7. The van der Waals surface area contributed by atoms with Gasteiger partial charge < -0.3 is 10.2 Å². The average molecular weight is 313 g/mol. The van der Waals surface area contributed by atoms with Crippen molar-refractivity contribution in [3.63, 3.8) is 0 Å². The number of hydrogen-bond donors (Lipinski definition) is 1. The van der Waals surface area contributed by atoms with Gasteiger partial charge in [-0.15, -0.1) is 0 Å². The predicted molar refractivity (Wildman–Crippen MR) is 82.8 cm³/mol. The standard InChI is InChI=1S/C16H22ClFN2O/c1-16(2,12-7-4-8-13(18)15(12)17)19-14(21)10-11-6-5-9-20(11)3/h4,7-8,11H,5-6,9-10H2,1-3H3,(H,19,21)/t11-/m1/s1. The zero-order valence-corrected chi connectivity index (χ0v) is 13.5. The number of halogens is 2. The molecule has 1 aromatic carbocycles. The first kappa shape index (κ1) is 16.2. The molecule has 116 valence electrons. The van der Waals surface area contributed by atoms with Crippen molar-refractivity contribution in [1.29, 1.82) is 0 Å². The number of rotatable bonds is 4. The lowest BCUT2D eigenvalue weighted by molar-refractivity contribution is -0.123. The molecule has 0 spiro atoms. The SMILES string of the molecule is CN1CCC[C@@H]1CC(=O)NC(C)(C)c1cccc(F)c1Cl. The van der Waals surface area contributed by atoms with Gasteiger partial charge in [-0.25, -0.2) is 4.39 Å². The third kappa shape index (κ3) is 3.74. The van der Waals surface area contributed by atoms with Crippen molar-refractivity contribution < 1.29 is 9.18 Å². The van der Waals surface area contributed by atoms with Crippen LogP contribution in [0.4, 0.5) is 4.39 Å². The molecule has 1 aliphatic rings. The quantitative estimate of drug-likeness (QED) is 0.925. The van der Waals surface area contributed by atoms with Crippen LogP contribution in [0.1, 0.15) is 38.7 Å². The van der Waals surface area contributed by atoms with Crippen molar-refractivity contribution in [2.45, 2.75) is 44.7 Å². The Balaban J connectivity index is 2.06. The third-order valence-electron chi connectivity index (χ3n) is 4.17. The molecule has 1 heterocycles. The Morgan fingerprint density at radius 3 is 2.86 bits per heavy atom. The van der Waals surface area contributed by atoms with Crippen molar-refractivity contribution in [1.82, 2.24) is 10.2 Å². The average Bonchev–Trinajstić information content (AvgIpc) is 2.77. The van der Waals surface area contributed by atoms with Crippen molar-refractivity contribution >= 4 is 17.5 Å². The van der Waals surface area contributed by atoms with Gasteiger partial charge in [-0.2, -0.15) is 0 Å². The first-order valence-corrected chi connectivity index (χ1v) is 7.65. The van der Waals surface area contributed by atoms with Crippen molar-refractivity contribution in [2.75, 3.05) is 13.6 Å². The molecule has 0 bridgehead atoms. The van der Waals surface area contributed by atoms with Crippen molar-refractivity contribution in [3.8, 4) is 0 Å². The highest BCUT2D eigenvalue weighted by Gasteiger charge is 2.29. The molecule has 0 radical (unpaired) electrons. The fraction of sp³-hybridized carbons (Fsp3) is 0.562. The number of hydrogen-bond acceptors (Lipinski definition) is 2. The molecule has 1 atom stereocenters. The summed E-state index contributed by atoms with van der Waals surface area (Å²) in [4.78, 5) is 14.5. The van der Waals surface area contributed by atoms with Gasteiger partial charge in [-0.05, 0) is 51.9 Å². The summed E-state index contributed by atoms with van der Waals surface area (Å²) in [6.45, 7) is 4.71. The van der Waals surface area contributed by atoms with E-state index >= 15 is 0 Å². The molecule has 5 heteroatoms. The van der Waals surface area contributed by atoms with E-state index in [4.69, 9.17) is 11.6 Å². The Morgan fingerprint density at radius 2 is 2.24 bits per heavy atom. The van der Waals surface area contributed by atoms with E-state index in [-0.39, 0.29) is 10.9 Å². The predicted octanol–water partition coefficient (Wildman–Crippen LogP) is 3.31. The summed E-state index contributed by atoms with van der Waals surface area (Å²) in [5, 5.41) is 3.04. The van der Waals surface area contributed by atoms with Gasteiger partial charge in [-0.1, -0.05) is 23.7 Å². The van der Waals surface area contributed by atoms with Crippen LogP contribution in [0, 0.1) is 5.82 Å². The number of likely N-dealkylation sites (tertiary alicyclic amines) is 1. The van der Waals surface area contributed by atoms with Gasteiger partial charge in [0.05, 0.1) is 10.6 Å². The van der Waals surface area contributed by atoms with Crippen LogP contribution >= 0.6 is 11.6 Å². The number of carbonyl (C=O) groups excluding carboxylic acids is 1. The van der Waals surface area contributed by atoms with Crippen LogP contribution in [0.15, 0.2) is 18.2 Å². The van der Waals surface area contributed by atoms with E-state index < -0.39 is 11.4 Å². The van der Waals surface area contributed by atoms with E-state index in [0.29, 0.717) is 18.0 Å². The highest BCUT2D eigenvalue weighted by Crippen LogP contribution is 2.30. The molecule has 1 aromatic rings. The Hall–Kier alpha value is -1.13. The second-order valence-corrected chi connectivity index (χ2v) is 6.63. The maximum absolute atomic E-state index is 13.6. The van der Waals surface area contributed by atoms with Crippen LogP contribution in [0.25, 0.3) is 0 Å². The Kier molecular flexibility index (Phi) is 4.89. The molecule has 21 heavy (non-hydrogen) atoms. The van der Waals surface area contributed by atoms with E-state index in [0.717, 1.165) is 19.4 Å². The minimum absolute atomic E-state index is 0.0286. The van der Waals surface area contributed by atoms with Crippen LogP contribution in [-0.4, -0.2) is 30.4 Å². The van der Waals surface area contributed by atoms with Crippen LogP contribution < -0.4 is 5.32 Å². The van der Waals surface area contributed by atoms with Crippen LogP contribution in [-0.2, 0) is 10.3 Å². The fourth-order valence-electron chi connectivity index (χ4n) is 2.90. The summed E-state index contributed by atoms with van der Waals surface area (Å²) in [6.07, 6.45) is 2.64. The topological polar surface area (TPSA) is 32.3 Å². The second-order valence-electron chi connectivity index (χ2n) is 6.26. The van der Waals surface area contributed by atoms with Crippen LogP contribution in [0.2, 0.25) is 5.02 Å². The normalized spacial score (nSPS) is 19.8. The Labute approximate surface area is 130 Å². The highest BCUT2D eigenvalue weighted by molar-refractivity contribution is 6.31. The van der Waals surface area contributed by atoms with E-state index in [9.17, 15) is 9.18 Å². The van der Waals surface area contributed by atoms with Crippen LogP contribution in [0.3, 0.4) is 0 Å². The van der Waals surface area contributed by atoms with Gasteiger partial charge >= 0.3 is 0 Å². The summed E-state index contributed by atoms with van der Waals surface area (Å²) in [7, 11) is 2.04. The maximum atomic E-state index is 13.6. The van der Waals surface area contributed by atoms with E-state index in [1.165, 1.54) is 6.07 Å². The molecular formula is C16H22ClFN2O. The summed E-state index contributed by atoms with van der Waals surface area (Å²) in [5.41, 5.74) is -0.106. The molecular weight excluding hydrogens is 291 g/mol. The Bertz CT molecular complexity index is 533. The maximum Gasteiger partial charge on any atom is 0.222 e. The lowest BCUT2D eigenvalue weighted by atomic mass is 9.93. The molecule has 3 nitrogen and oxygen atoms in total. The summed E-state index contributed by atoms with van der Waals surface area (Å²) in [5.74, 6) is -0.494. The first-order valence-electron chi connectivity index (χ1n) is 7.27. The molecule has 1 amide bonds. The first-order chi connectivity index (χ1) is 9.81. The molecule has 0 unspecified atom stereocenters. The number of carbonyl (C=O) groups is 1. The van der Waals surface area contributed by atoms with Crippen molar-refractivity contribution in [2.24, 2.45) is 0 Å². The lowest BCUT2D eigenvalue weighted by Crippen LogP contribution is -2.43. The number of nitrogens with zero attached hydrogens (tertiary/aromatic N) is 1. The lowest BCUT2D eigenvalue weighted by Gasteiger charge is -2.29. The van der Waals surface area contributed by atoms with E-state index in [1.807, 2.05) is 20.9 Å². The zero-order chi connectivity index (χ0) is 15.6. The Morgan fingerprint density at radius 1 is 1.52 bits per heavy atom. The monoisotopic (exact) mass is 312 g/mol. The van der Waals surface area contributed by atoms with Gasteiger partial charge in [0.1, 0.15) is 5.82 Å². The smallest absolute Gasteiger partial charge is 0.222 e. The second kappa shape index (κ2) is 6.32. The van der Waals surface area contributed by atoms with E-state index in [1.54, 1.807) is 12.1 Å². The van der Waals surface area contributed by atoms with Gasteiger partial charge in [0.15, 0.2) is 0 Å². The van der Waals surface area contributed by atoms with Gasteiger partial charge in [0, 0.05) is 12.5 Å². The molecule has 2 rings (SSSR count). The molecule has 0 aromatic heterocycles. The summed E-state index contributed by atoms with van der Waals surface area (Å²) < 4.78 is 13.6. The van der Waals surface area contributed by atoms with Crippen LogP contribution in [0.5, 0.6) is 0 Å². The molecule has 1 fully saturated rings. The minimum Gasteiger partial charge on any atom is -0.347 e. The third-order valence-corrected chi connectivity index (χ3v) is 4.55. The van der Waals surface area contributed by atoms with E-state index in [2.05, 4.69) is 10.2 Å². The van der Waals surface area contributed by atoms with Gasteiger partial charge in [-0.3, -0.25) is 4.79 Å². The molecule has 0 aliphatic carbocycles. The molecule has 1 N–H and O–H groups in total. The minimum atomic E-state index is -0.701. The fourth-order valence-corrected chi connectivity index (χ4v) is 3.27. The number of nitrogens with one attached hydrogen (secondary N) is 1. The summed E-state index contributed by atoms with van der Waals surface area (Å²) >= 11 is 6.02. The largest absolute Gasteiger partial charge is 0.347 e. The summed E-state index contributed by atoms with van der Waals surface area (Å²) in [6, 6.07) is 4.96. The molecule has 0 saturated carbocycles. The molecule has 1 aliphatic heterocycles. The molecule has 1 saturated heterocycles. The van der Waals surface area contributed by atoms with Gasteiger partial charge in [0.2, 0.25) is 5.91 Å². The van der Waals surface area contributed by atoms with Gasteiger partial charge in [0.25, 0.3) is 0 Å². The number of amides is 1. The van der Waals surface area contributed by atoms with Crippen molar-refractivity contribution in [3.05, 3.63) is 34.6 Å². The number of benzene rings is 1. The highest BCUT2D eigenvalue weighted by atomic mass is 35.5.